The van der Waals surface area contributed by atoms with Crippen molar-refractivity contribution in [2.75, 3.05) is 0 Å². The van der Waals surface area contributed by atoms with Crippen molar-refractivity contribution >= 4 is 5.78 Å². The molecular weight excluding hydrogens is 112 g/mol. The van der Waals surface area contributed by atoms with Crippen LogP contribution in [0.4, 0.5) is 0 Å². The van der Waals surface area contributed by atoms with Gasteiger partial charge >= 0.3 is 0 Å². The molecule has 1 saturated carbocycles. The first-order valence-electron chi connectivity index (χ1n) is 3.59. The number of carbonyl (C=O) groups excluding carboxylic acids is 1. The maximum Gasteiger partial charge on any atom is 0.155 e. The Bertz CT molecular complexity index is 175. The number of rotatable bonds is 1. The molecule has 2 aliphatic carbocycles. The van der Waals surface area contributed by atoms with Crippen molar-refractivity contribution in [1.82, 2.24) is 0 Å². The van der Waals surface area contributed by atoms with Crippen LogP contribution in [0.15, 0.2) is 11.6 Å². The highest BCUT2D eigenvalue weighted by Crippen LogP contribution is 2.40. The van der Waals surface area contributed by atoms with Gasteiger partial charge in [0.1, 0.15) is 0 Å². The molecule has 2 aliphatic rings. The van der Waals surface area contributed by atoms with Crippen molar-refractivity contribution in [3.05, 3.63) is 11.6 Å². The Morgan fingerprint density at radius 3 is 2.56 bits per heavy atom. The summed E-state index contributed by atoms with van der Waals surface area (Å²) in [6, 6.07) is 0. The summed E-state index contributed by atoms with van der Waals surface area (Å²) in [6.45, 7) is 0. The zero-order valence-electron chi connectivity index (χ0n) is 5.39. The number of allylic oxidation sites excluding steroid dienone is 2. The molecule has 0 aromatic rings. The molecule has 9 heavy (non-hydrogen) atoms. The minimum Gasteiger partial charge on any atom is -0.295 e. The zero-order chi connectivity index (χ0) is 6.27. The maximum atomic E-state index is 10.7. The molecule has 48 valence electrons. The highest BCUT2D eigenvalue weighted by atomic mass is 16.1. The van der Waals surface area contributed by atoms with Crippen LogP contribution in [-0.2, 0) is 4.79 Å². The minimum absolute atomic E-state index is 0.344. The third-order valence-corrected chi connectivity index (χ3v) is 2.11. The predicted molar refractivity (Wildman–Crippen MR) is 35.0 cm³/mol. The minimum atomic E-state index is 0.344. The zero-order valence-corrected chi connectivity index (χ0v) is 5.39. The Morgan fingerprint density at radius 2 is 2.11 bits per heavy atom. The van der Waals surface area contributed by atoms with E-state index in [1.54, 1.807) is 0 Å². The largest absolute Gasteiger partial charge is 0.295 e. The fraction of sp³-hybridized carbons (Fsp3) is 0.625. The van der Waals surface area contributed by atoms with Crippen LogP contribution in [-0.4, -0.2) is 5.78 Å². The molecule has 0 radical (unpaired) electrons. The molecule has 1 nitrogen and oxygen atoms in total. The molecule has 0 aliphatic heterocycles. The third-order valence-electron chi connectivity index (χ3n) is 2.11. The first kappa shape index (κ1) is 5.21. The molecule has 0 heterocycles. The topological polar surface area (TPSA) is 17.1 Å². The van der Waals surface area contributed by atoms with Gasteiger partial charge in [-0.05, 0) is 31.3 Å². The molecular formula is C8H10O. The second kappa shape index (κ2) is 1.69. The molecule has 0 bridgehead atoms. The molecule has 0 aromatic carbocycles. The van der Waals surface area contributed by atoms with Gasteiger partial charge in [-0.15, -0.1) is 0 Å². The molecule has 0 saturated heterocycles. The normalized spacial score (nSPS) is 26.7. The van der Waals surface area contributed by atoms with E-state index in [1.165, 1.54) is 18.4 Å². The molecule has 0 spiro atoms. The van der Waals surface area contributed by atoms with Gasteiger partial charge in [-0.3, -0.25) is 4.79 Å². The lowest BCUT2D eigenvalue weighted by molar-refractivity contribution is -0.114. The van der Waals surface area contributed by atoms with Gasteiger partial charge in [0, 0.05) is 6.42 Å². The van der Waals surface area contributed by atoms with Crippen LogP contribution in [0.2, 0.25) is 0 Å². The molecule has 1 heteroatoms. The monoisotopic (exact) mass is 122 g/mol. The van der Waals surface area contributed by atoms with Crippen molar-refractivity contribution in [1.29, 1.82) is 0 Å². The van der Waals surface area contributed by atoms with E-state index in [4.69, 9.17) is 0 Å². The average Bonchev–Trinajstić information content (AvgIpc) is 2.58. The van der Waals surface area contributed by atoms with Crippen molar-refractivity contribution in [2.24, 2.45) is 5.92 Å². The van der Waals surface area contributed by atoms with Gasteiger partial charge in [0.25, 0.3) is 0 Å². The van der Waals surface area contributed by atoms with E-state index in [-0.39, 0.29) is 0 Å². The molecule has 0 atom stereocenters. The van der Waals surface area contributed by atoms with Gasteiger partial charge in [-0.25, -0.2) is 0 Å². The van der Waals surface area contributed by atoms with Crippen LogP contribution in [0.5, 0.6) is 0 Å². The highest BCUT2D eigenvalue weighted by molar-refractivity contribution is 5.93. The number of carbonyl (C=O) groups is 1. The summed E-state index contributed by atoms with van der Waals surface area (Å²) in [5.41, 5.74) is 1.43. The Kier molecular flexibility index (Phi) is 0.981. The Morgan fingerprint density at radius 1 is 1.33 bits per heavy atom. The van der Waals surface area contributed by atoms with Gasteiger partial charge < -0.3 is 0 Å². The summed E-state index contributed by atoms with van der Waals surface area (Å²) in [7, 11) is 0. The van der Waals surface area contributed by atoms with E-state index in [9.17, 15) is 4.79 Å². The Hall–Kier alpha value is -0.590. The molecule has 1 fully saturated rings. The molecule has 0 unspecified atom stereocenters. The summed E-state index contributed by atoms with van der Waals surface area (Å²) >= 11 is 0. The lowest BCUT2D eigenvalue weighted by Gasteiger charge is -1.90. The molecule has 2 rings (SSSR count). The van der Waals surface area contributed by atoms with Gasteiger partial charge in [-0.2, -0.15) is 0 Å². The van der Waals surface area contributed by atoms with Crippen molar-refractivity contribution in [3.63, 3.8) is 0 Å². The second-order valence-corrected chi connectivity index (χ2v) is 2.96. The summed E-state index contributed by atoms with van der Waals surface area (Å²) in [5, 5.41) is 0. The van der Waals surface area contributed by atoms with Crippen molar-refractivity contribution in [3.8, 4) is 0 Å². The summed E-state index contributed by atoms with van der Waals surface area (Å²) in [4.78, 5) is 10.7. The van der Waals surface area contributed by atoms with E-state index in [1.807, 2.05) is 6.08 Å². The SMILES string of the molecule is O=C1C=C(C2CC2)CC1. The second-order valence-electron chi connectivity index (χ2n) is 2.96. The van der Waals surface area contributed by atoms with E-state index in [2.05, 4.69) is 0 Å². The van der Waals surface area contributed by atoms with E-state index < -0.39 is 0 Å². The number of hydrogen-bond acceptors (Lipinski definition) is 1. The maximum absolute atomic E-state index is 10.7. The van der Waals surface area contributed by atoms with Gasteiger partial charge in [0.05, 0.1) is 0 Å². The predicted octanol–water partition coefficient (Wildman–Crippen LogP) is 1.69. The molecule has 0 amide bonds. The van der Waals surface area contributed by atoms with Gasteiger partial charge in [0.15, 0.2) is 5.78 Å². The van der Waals surface area contributed by atoms with Crippen molar-refractivity contribution in [2.45, 2.75) is 25.7 Å². The smallest absolute Gasteiger partial charge is 0.155 e. The lowest BCUT2D eigenvalue weighted by atomic mass is 10.1. The quantitative estimate of drug-likeness (QED) is 0.517. The number of ketones is 1. The summed E-state index contributed by atoms with van der Waals surface area (Å²) in [5.74, 6) is 1.16. The summed E-state index contributed by atoms with van der Waals surface area (Å²) < 4.78 is 0. The number of hydrogen-bond donors (Lipinski definition) is 0. The fourth-order valence-corrected chi connectivity index (χ4v) is 1.39. The van der Waals surface area contributed by atoms with Crippen LogP contribution < -0.4 is 0 Å². The first-order chi connectivity index (χ1) is 4.36. The summed E-state index contributed by atoms with van der Waals surface area (Å²) in [6.07, 6.45) is 6.37. The lowest BCUT2D eigenvalue weighted by Crippen LogP contribution is -1.80. The van der Waals surface area contributed by atoms with Crippen LogP contribution in [0.25, 0.3) is 0 Å². The Balaban J connectivity index is 2.11. The highest BCUT2D eigenvalue weighted by Gasteiger charge is 2.28. The van der Waals surface area contributed by atoms with Gasteiger partial charge in [0.2, 0.25) is 0 Å². The average molecular weight is 122 g/mol. The van der Waals surface area contributed by atoms with Crippen LogP contribution >= 0.6 is 0 Å². The van der Waals surface area contributed by atoms with E-state index in [0.29, 0.717) is 5.78 Å². The fourth-order valence-electron chi connectivity index (χ4n) is 1.39. The third kappa shape index (κ3) is 0.913. The molecule has 0 aromatic heterocycles. The van der Waals surface area contributed by atoms with Crippen LogP contribution in [0, 0.1) is 5.92 Å². The van der Waals surface area contributed by atoms with Crippen LogP contribution in [0.3, 0.4) is 0 Å². The van der Waals surface area contributed by atoms with E-state index >= 15 is 0 Å². The van der Waals surface area contributed by atoms with Gasteiger partial charge in [-0.1, -0.05) is 5.57 Å². The van der Waals surface area contributed by atoms with Crippen molar-refractivity contribution < 1.29 is 4.79 Å². The van der Waals surface area contributed by atoms with E-state index in [0.717, 1.165) is 18.8 Å². The van der Waals surface area contributed by atoms with Crippen LogP contribution in [0.1, 0.15) is 25.7 Å². The first-order valence-corrected chi connectivity index (χ1v) is 3.59. The Labute approximate surface area is 54.8 Å². The standard InChI is InChI=1S/C8H10O/c9-8-4-3-7(5-8)6-1-2-6/h5-6H,1-4H2. The molecule has 0 N–H and O–H groups in total.